The largest absolute Gasteiger partial charge is 0.366 e. The molecule has 0 radical (unpaired) electrons. The molecule has 1 N–H and O–H groups in total. The quantitative estimate of drug-likeness (QED) is 0.535. The molecule has 27 heavy (non-hydrogen) atoms. The molecule has 1 aromatic heterocycles. The van der Waals surface area contributed by atoms with Crippen LogP contribution in [0, 0.1) is 17.0 Å². The molecule has 1 aliphatic heterocycles. The standard InChI is InChI=1S/C19H18N4O3S/c1-12-20-15-6-5-14(11-18(15)27-12)21-19(24)13-4-7-16(17(10-13)23(25)26)22-8-2-3-9-22/h4-7,10-11H,2-3,8-9H2,1H3,(H,21,24). The summed E-state index contributed by atoms with van der Waals surface area (Å²) in [6.45, 7) is 3.55. The first kappa shape index (κ1) is 17.4. The highest BCUT2D eigenvalue weighted by Crippen LogP contribution is 2.32. The molecule has 0 spiro atoms. The first-order chi connectivity index (χ1) is 13.0. The summed E-state index contributed by atoms with van der Waals surface area (Å²) in [5.74, 6) is -0.369. The van der Waals surface area contributed by atoms with Crippen molar-refractivity contribution >= 4 is 44.5 Å². The SMILES string of the molecule is Cc1nc2ccc(NC(=O)c3ccc(N4CCCC4)c([N+](=O)[O-])c3)cc2s1. The Kier molecular flexibility index (Phi) is 4.49. The molecule has 2 heterocycles. The molecular weight excluding hydrogens is 364 g/mol. The first-order valence-electron chi connectivity index (χ1n) is 8.73. The number of carbonyl (C=O) groups excluding carboxylic acids is 1. The van der Waals surface area contributed by atoms with Crippen molar-refractivity contribution in [2.75, 3.05) is 23.3 Å². The van der Waals surface area contributed by atoms with Crippen molar-refractivity contribution < 1.29 is 9.72 Å². The molecule has 8 heteroatoms. The number of aryl methyl sites for hydroxylation is 1. The van der Waals surface area contributed by atoms with Crippen LogP contribution < -0.4 is 10.2 Å². The predicted molar refractivity (Wildman–Crippen MR) is 107 cm³/mol. The molecule has 0 unspecified atom stereocenters. The monoisotopic (exact) mass is 382 g/mol. The third-order valence-electron chi connectivity index (χ3n) is 4.63. The maximum absolute atomic E-state index is 12.6. The lowest BCUT2D eigenvalue weighted by Crippen LogP contribution is -2.19. The van der Waals surface area contributed by atoms with Crippen LogP contribution in [0.3, 0.4) is 0 Å². The lowest BCUT2D eigenvalue weighted by Gasteiger charge is -2.17. The van der Waals surface area contributed by atoms with Crippen molar-refractivity contribution in [2.24, 2.45) is 0 Å². The highest BCUT2D eigenvalue weighted by Gasteiger charge is 2.24. The second kappa shape index (κ2) is 6.96. The van der Waals surface area contributed by atoms with E-state index in [4.69, 9.17) is 0 Å². The van der Waals surface area contributed by atoms with Crippen molar-refractivity contribution in [3.63, 3.8) is 0 Å². The van der Waals surface area contributed by atoms with Crippen LogP contribution in [0.15, 0.2) is 36.4 Å². The van der Waals surface area contributed by atoms with Gasteiger partial charge in [0.2, 0.25) is 0 Å². The van der Waals surface area contributed by atoms with Gasteiger partial charge in [0, 0.05) is 30.4 Å². The molecule has 0 bridgehead atoms. The topological polar surface area (TPSA) is 88.4 Å². The highest BCUT2D eigenvalue weighted by molar-refractivity contribution is 7.18. The van der Waals surface area contributed by atoms with E-state index in [0.717, 1.165) is 41.2 Å². The van der Waals surface area contributed by atoms with E-state index < -0.39 is 4.92 Å². The summed E-state index contributed by atoms with van der Waals surface area (Å²) in [5, 5.41) is 15.3. The fraction of sp³-hybridized carbons (Fsp3) is 0.263. The Bertz CT molecular complexity index is 1040. The average molecular weight is 382 g/mol. The Morgan fingerprint density at radius 2 is 2.00 bits per heavy atom. The number of fused-ring (bicyclic) bond motifs is 1. The summed E-state index contributed by atoms with van der Waals surface area (Å²) in [6.07, 6.45) is 2.05. The fourth-order valence-corrected chi connectivity index (χ4v) is 4.22. The van der Waals surface area contributed by atoms with Gasteiger partial charge in [-0.3, -0.25) is 14.9 Å². The summed E-state index contributed by atoms with van der Waals surface area (Å²) in [7, 11) is 0. The minimum atomic E-state index is -0.420. The summed E-state index contributed by atoms with van der Waals surface area (Å²) in [4.78, 5) is 30.1. The molecule has 3 aromatic rings. The molecule has 1 fully saturated rings. The average Bonchev–Trinajstić information content (AvgIpc) is 3.29. The van der Waals surface area contributed by atoms with Crippen LogP contribution in [0.25, 0.3) is 10.2 Å². The van der Waals surface area contributed by atoms with Gasteiger partial charge in [-0.05, 0) is 50.1 Å². The molecule has 2 aromatic carbocycles. The maximum Gasteiger partial charge on any atom is 0.293 e. The van der Waals surface area contributed by atoms with Crippen LogP contribution >= 0.6 is 11.3 Å². The Hall–Kier alpha value is -3.00. The highest BCUT2D eigenvalue weighted by atomic mass is 32.1. The van der Waals surface area contributed by atoms with Gasteiger partial charge in [-0.1, -0.05) is 0 Å². The molecule has 0 atom stereocenters. The van der Waals surface area contributed by atoms with Crippen molar-refractivity contribution in [1.82, 2.24) is 4.98 Å². The number of rotatable bonds is 4. The van der Waals surface area contributed by atoms with Crippen molar-refractivity contribution in [3.8, 4) is 0 Å². The summed E-state index contributed by atoms with van der Waals surface area (Å²) >= 11 is 1.55. The third kappa shape index (κ3) is 3.48. The number of hydrogen-bond donors (Lipinski definition) is 1. The number of nitro benzene ring substituents is 1. The van der Waals surface area contributed by atoms with E-state index in [0.29, 0.717) is 11.4 Å². The predicted octanol–water partition coefficient (Wildman–Crippen LogP) is 4.37. The number of nitrogens with zero attached hydrogens (tertiary/aromatic N) is 3. The number of benzene rings is 2. The Morgan fingerprint density at radius 3 is 2.74 bits per heavy atom. The second-order valence-electron chi connectivity index (χ2n) is 6.52. The first-order valence-corrected chi connectivity index (χ1v) is 9.55. The molecule has 0 aliphatic carbocycles. The zero-order valence-electron chi connectivity index (χ0n) is 14.8. The Balaban J connectivity index is 1.60. The number of thiazole rings is 1. The molecule has 1 aliphatic rings. The molecular formula is C19H18N4O3S. The zero-order valence-corrected chi connectivity index (χ0v) is 15.6. The lowest BCUT2D eigenvalue weighted by molar-refractivity contribution is -0.384. The van der Waals surface area contributed by atoms with Gasteiger partial charge < -0.3 is 10.2 Å². The summed E-state index contributed by atoms with van der Waals surface area (Å²) < 4.78 is 0.987. The van der Waals surface area contributed by atoms with Crippen LogP contribution in [0.2, 0.25) is 0 Å². The van der Waals surface area contributed by atoms with Crippen LogP contribution in [0.1, 0.15) is 28.2 Å². The summed E-state index contributed by atoms with van der Waals surface area (Å²) in [6, 6.07) is 10.2. The van der Waals surface area contributed by atoms with Crippen molar-refractivity contribution in [3.05, 3.63) is 57.1 Å². The van der Waals surface area contributed by atoms with Gasteiger partial charge in [-0.15, -0.1) is 11.3 Å². The second-order valence-corrected chi connectivity index (χ2v) is 7.76. The number of carbonyl (C=O) groups is 1. The molecule has 0 saturated carbocycles. The molecule has 7 nitrogen and oxygen atoms in total. The van der Waals surface area contributed by atoms with Gasteiger partial charge in [0.15, 0.2) is 0 Å². The zero-order chi connectivity index (χ0) is 19.0. The number of amides is 1. The van der Waals surface area contributed by atoms with Gasteiger partial charge in [0.1, 0.15) is 5.69 Å². The molecule has 1 amide bonds. The van der Waals surface area contributed by atoms with Crippen molar-refractivity contribution in [2.45, 2.75) is 19.8 Å². The molecule has 4 rings (SSSR count). The number of hydrogen-bond acceptors (Lipinski definition) is 6. The van der Waals surface area contributed by atoms with E-state index in [9.17, 15) is 14.9 Å². The van der Waals surface area contributed by atoms with Crippen LogP contribution in [0.4, 0.5) is 17.1 Å². The fourth-order valence-electron chi connectivity index (χ4n) is 3.36. The molecule has 138 valence electrons. The van der Waals surface area contributed by atoms with Gasteiger partial charge in [0.05, 0.1) is 20.1 Å². The maximum atomic E-state index is 12.6. The minimum absolute atomic E-state index is 0.0296. The van der Waals surface area contributed by atoms with Gasteiger partial charge in [0.25, 0.3) is 11.6 Å². The van der Waals surface area contributed by atoms with E-state index >= 15 is 0 Å². The lowest BCUT2D eigenvalue weighted by atomic mass is 10.1. The number of anilines is 2. The van der Waals surface area contributed by atoms with E-state index in [1.165, 1.54) is 6.07 Å². The number of nitro groups is 1. The van der Waals surface area contributed by atoms with E-state index in [-0.39, 0.29) is 17.2 Å². The van der Waals surface area contributed by atoms with Gasteiger partial charge >= 0.3 is 0 Å². The normalized spacial score (nSPS) is 13.9. The molecule has 1 saturated heterocycles. The van der Waals surface area contributed by atoms with Crippen LogP contribution in [0.5, 0.6) is 0 Å². The third-order valence-corrected chi connectivity index (χ3v) is 5.57. The van der Waals surface area contributed by atoms with Crippen LogP contribution in [-0.4, -0.2) is 28.9 Å². The smallest absolute Gasteiger partial charge is 0.293 e. The number of aromatic nitrogens is 1. The number of nitrogens with one attached hydrogen (secondary N) is 1. The minimum Gasteiger partial charge on any atom is -0.366 e. The van der Waals surface area contributed by atoms with Gasteiger partial charge in [-0.2, -0.15) is 0 Å². The van der Waals surface area contributed by atoms with Gasteiger partial charge in [-0.25, -0.2) is 4.98 Å². The Morgan fingerprint density at radius 1 is 1.22 bits per heavy atom. The van der Waals surface area contributed by atoms with Crippen molar-refractivity contribution in [1.29, 1.82) is 0 Å². The Labute approximate surface area is 159 Å². The van der Waals surface area contributed by atoms with E-state index in [1.54, 1.807) is 29.5 Å². The van der Waals surface area contributed by atoms with E-state index in [1.807, 2.05) is 24.0 Å². The summed E-state index contributed by atoms with van der Waals surface area (Å²) in [5.41, 5.74) is 2.35. The van der Waals surface area contributed by atoms with Crippen LogP contribution in [-0.2, 0) is 0 Å². The van der Waals surface area contributed by atoms with E-state index in [2.05, 4.69) is 10.3 Å².